The first-order chi connectivity index (χ1) is 9.56. The number of para-hydroxylation sites is 1. The van der Waals surface area contributed by atoms with Crippen LogP contribution in [0.25, 0.3) is 22.4 Å². The Bertz CT molecular complexity index is 782. The third kappa shape index (κ3) is 1.93. The van der Waals surface area contributed by atoms with Crippen LogP contribution in [0.4, 0.5) is 5.69 Å². The molecule has 3 rings (SSSR count). The standard InChI is InChI=1S/C15H13N3O2/c1-9-7-12-13(8-10(9)2)17-15(16-12)11-5-3-4-6-14(11)18(19)20/h3-8H,1-2H3,(H,16,17). The highest BCUT2D eigenvalue weighted by Crippen LogP contribution is 2.29. The van der Waals surface area contributed by atoms with Gasteiger partial charge in [-0.15, -0.1) is 0 Å². The highest BCUT2D eigenvalue weighted by molar-refractivity contribution is 5.82. The van der Waals surface area contributed by atoms with Crippen LogP contribution in [0.1, 0.15) is 11.1 Å². The van der Waals surface area contributed by atoms with Crippen molar-refractivity contribution >= 4 is 16.7 Å². The number of nitro benzene ring substituents is 1. The molecule has 0 aliphatic rings. The van der Waals surface area contributed by atoms with E-state index in [1.807, 2.05) is 26.0 Å². The van der Waals surface area contributed by atoms with Gasteiger partial charge in [0.15, 0.2) is 0 Å². The van der Waals surface area contributed by atoms with Crippen molar-refractivity contribution in [2.75, 3.05) is 0 Å². The lowest BCUT2D eigenvalue weighted by molar-refractivity contribution is -0.384. The van der Waals surface area contributed by atoms with Gasteiger partial charge in [-0.25, -0.2) is 4.98 Å². The van der Waals surface area contributed by atoms with E-state index in [0.29, 0.717) is 11.4 Å². The fourth-order valence-corrected chi connectivity index (χ4v) is 2.23. The molecule has 0 saturated heterocycles. The van der Waals surface area contributed by atoms with Crippen molar-refractivity contribution in [2.45, 2.75) is 13.8 Å². The van der Waals surface area contributed by atoms with Crippen LogP contribution in [0.15, 0.2) is 36.4 Å². The molecular weight excluding hydrogens is 254 g/mol. The van der Waals surface area contributed by atoms with Crippen LogP contribution in [-0.2, 0) is 0 Å². The quantitative estimate of drug-likeness (QED) is 0.567. The number of nitro groups is 1. The molecule has 0 aliphatic carbocycles. The molecule has 0 bridgehead atoms. The average Bonchev–Trinajstić information content (AvgIpc) is 2.82. The molecule has 0 unspecified atom stereocenters. The van der Waals surface area contributed by atoms with Crippen LogP contribution in [0.3, 0.4) is 0 Å². The summed E-state index contributed by atoms with van der Waals surface area (Å²) in [4.78, 5) is 18.3. The van der Waals surface area contributed by atoms with Gasteiger partial charge in [0.25, 0.3) is 5.69 Å². The van der Waals surface area contributed by atoms with Crippen LogP contribution in [-0.4, -0.2) is 14.9 Å². The summed E-state index contributed by atoms with van der Waals surface area (Å²) in [7, 11) is 0. The van der Waals surface area contributed by atoms with Crippen molar-refractivity contribution < 1.29 is 4.92 Å². The maximum atomic E-state index is 11.1. The zero-order valence-electron chi connectivity index (χ0n) is 11.2. The Morgan fingerprint density at radius 2 is 1.85 bits per heavy atom. The maximum absolute atomic E-state index is 11.1. The van der Waals surface area contributed by atoms with Gasteiger partial charge in [0.2, 0.25) is 0 Å². The first-order valence-electron chi connectivity index (χ1n) is 6.27. The number of hydrogen-bond acceptors (Lipinski definition) is 3. The van der Waals surface area contributed by atoms with E-state index >= 15 is 0 Å². The molecule has 1 aromatic heterocycles. The van der Waals surface area contributed by atoms with E-state index in [1.165, 1.54) is 6.07 Å². The number of nitrogens with zero attached hydrogens (tertiary/aromatic N) is 2. The number of H-pyrrole nitrogens is 1. The highest BCUT2D eigenvalue weighted by Gasteiger charge is 2.17. The molecule has 0 fully saturated rings. The van der Waals surface area contributed by atoms with Crippen molar-refractivity contribution in [3.05, 3.63) is 57.6 Å². The monoisotopic (exact) mass is 267 g/mol. The number of aromatic nitrogens is 2. The Morgan fingerprint density at radius 3 is 2.60 bits per heavy atom. The van der Waals surface area contributed by atoms with Crippen LogP contribution >= 0.6 is 0 Å². The molecule has 3 aromatic rings. The Labute approximate surface area is 115 Å². The number of imidazole rings is 1. The largest absolute Gasteiger partial charge is 0.338 e. The molecular formula is C15H13N3O2. The lowest BCUT2D eigenvalue weighted by atomic mass is 10.1. The van der Waals surface area contributed by atoms with Gasteiger partial charge in [0.05, 0.1) is 21.5 Å². The number of aromatic amines is 1. The summed E-state index contributed by atoms with van der Waals surface area (Å²) in [6.45, 7) is 4.05. The molecule has 0 spiro atoms. The number of aryl methyl sites for hydroxylation is 2. The average molecular weight is 267 g/mol. The maximum Gasteiger partial charge on any atom is 0.280 e. The van der Waals surface area contributed by atoms with Crippen LogP contribution in [0.5, 0.6) is 0 Å². The van der Waals surface area contributed by atoms with Crippen molar-refractivity contribution in [1.82, 2.24) is 9.97 Å². The zero-order valence-corrected chi connectivity index (χ0v) is 11.2. The first-order valence-corrected chi connectivity index (χ1v) is 6.27. The van der Waals surface area contributed by atoms with Gasteiger partial charge in [-0.2, -0.15) is 0 Å². The molecule has 0 saturated carbocycles. The topological polar surface area (TPSA) is 71.8 Å². The minimum absolute atomic E-state index is 0.0556. The van der Waals surface area contributed by atoms with E-state index in [9.17, 15) is 10.1 Å². The molecule has 0 atom stereocenters. The Morgan fingerprint density at radius 1 is 1.15 bits per heavy atom. The minimum atomic E-state index is -0.390. The smallest absolute Gasteiger partial charge is 0.280 e. The number of rotatable bonds is 2. The molecule has 2 aromatic carbocycles. The second-order valence-corrected chi connectivity index (χ2v) is 4.81. The molecule has 0 radical (unpaired) electrons. The Balaban J connectivity index is 2.23. The summed E-state index contributed by atoms with van der Waals surface area (Å²) >= 11 is 0. The second-order valence-electron chi connectivity index (χ2n) is 4.81. The lowest BCUT2D eigenvalue weighted by Crippen LogP contribution is -1.92. The van der Waals surface area contributed by atoms with Gasteiger partial charge in [-0.1, -0.05) is 12.1 Å². The molecule has 1 N–H and O–H groups in total. The third-order valence-corrected chi connectivity index (χ3v) is 3.45. The molecule has 20 heavy (non-hydrogen) atoms. The van der Waals surface area contributed by atoms with E-state index in [0.717, 1.165) is 22.2 Å². The molecule has 5 nitrogen and oxygen atoms in total. The van der Waals surface area contributed by atoms with Crippen molar-refractivity contribution in [3.63, 3.8) is 0 Å². The van der Waals surface area contributed by atoms with Crippen molar-refractivity contribution in [3.8, 4) is 11.4 Å². The van der Waals surface area contributed by atoms with E-state index in [4.69, 9.17) is 0 Å². The fraction of sp³-hybridized carbons (Fsp3) is 0.133. The number of benzene rings is 2. The fourth-order valence-electron chi connectivity index (χ4n) is 2.23. The van der Waals surface area contributed by atoms with Crippen LogP contribution in [0, 0.1) is 24.0 Å². The van der Waals surface area contributed by atoms with Crippen LogP contribution in [0.2, 0.25) is 0 Å². The van der Waals surface area contributed by atoms with Gasteiger partial charge in [0, 0.05) is 6.07 Å². The Kier molecular flexibility index (Phi) is 2.75. The van der Waals surface area contributed by atoms with Gasteiger partial charge in [0.1, 0.15) is 5.82 Å². The van der Waals surface area contributed by atoms with Crippen LogP contribution < -0.4 is 0 Å². The zero-order chi connectivity index (χ0) is 14.3. The number of fused-ring (bicyclic) bond motifs is 1. The van der Waals surface area contributed by atoms with E-state index in [2.05, 4.69) is 9.97 Å². The summed E-state index contributed by atoms with van der Waals surface area (Å²) in [5.41, 5.74) is 4.58. The SMILES string of the molecule is Cc1cc2nc(-c3ccccc3[N+](=O)[O-])[nH]c2cc1C. The van der Waals surface area contributed by atoms with E-state index in [-0.39, 0.29) is 10.6 Å². The van der Waals surface area contributed by atoms with Crippen molar-refractivity contribution in [1.29, 1.82) is 0 Å². The molecule has 0 aliphatic heterocycles. The normalized spacial score (nSPS) is 10.9. The number of nitrogens with one attached hydrogen (secondary N) is 1. The predicted octanol–water partition coefficient (Wildman–Crippen LogP) is 3.75. The summed E-state index contributed by atoms with van der Waals surface area (Å²) in [6.07, 6.45) is 0. The molecule has 100 valence electrons. The molecule has 1 heterocycles. The summed E-state index contributed by atoms with van der Waals surface area (Å²) in [5, 5.41) is 11.1. The Hall–Kier alpha value is -2.69. The highest BCUT2D eigenvalue weighted by atomic mass is 16.6. The first kappa shape index (κ1) is 12.3. The van der Waals surface area contributed by atoms with E-state index in [1.54, 1.807) is 18.2 Å². The lowest BCUT2D eigenvalue weighted by Gasteiger charge is -1.98. The van der Waals surface area contributed by atoms with Gasteiger partial charge >= 0.3 is 0 Å². The summed E-state index contributed by atoms with van der Waals surface area (Å²) < 4.78 is 0. The molecule has 0 amide bonds. The predicted molar refractivity (Wildman–Crippen MR) is 77.7 cm³/mol. The second kappa shape index (κ2) is 4.45. The van der Waals surface area contributed by atoms with Gasteiger partial charge in [-0.3, -0.25) is 10.1 Å². The van der Waals surface area contributed by atoms with Gasteiger partial charge in [-0.05, 0) is 43.2 Å². The third-order valence-electron chi connectivity index (χ3n) is 3.45. The van der Waals surface area contributed by atoms with E-state index < -0.39 is 0 Å². The molecule has 5 heteroatoms. The van der Waals surface area contributed by atoms with Crippen molar-refractivity contribution in [2.24, 2.45) is 0 Å². The van der Waals surface area contributed by atoms with Gasteiger partial charge < -0.3 is 4.98 Å². The number of hydrogen-bond donors (Lipinski definition) is 1. The minimum Gasteiger partial charge on any atom is -0.338 e. The summed E-state index contributed by atoms with van der Waals surface area (Å²) in [6, 6.07) is 10.6. The summed E-state index contributed by atoms with van der Waals surface area (Å²) in [5.74, 6) is 0.525.